The van der Waals surface area contributed by atoms with E-state index in [1.54, 1.807) is 0 Å². The topological polar surface area (TPSA) is 3.24 Å². The standard InChI is InChI=1S/C9H16F3N/c1-2-5-13-6-3-8(4-7-13)9(10,11)12/h8H,2-7H2,1H3. The fourth-order valence-electron chi connectivity index (χ4n) is 1.80. The smallest absolute Gasteiger partial charge is 0.303 e. The maximum Gasteiger partial charge on any atom is 0.391 e. The van der Waals surface area contributed by atoms with E-state index in [0.717, 1.165) is 13.0 Å². The molecule has 0 unspecified atom stereocenters. The summed E-state index contributed by atoms with van der Waals surface area (Å²) in [6.07, 6.45) is -2.39. The number of piperidine rings is 1. The van der Waals surface area contributed by atoms with Crippen LogP contribution in [0.3, 0.4) is 0 Å². The number of nitrogens with zero attached hydrogens (tertiary/aromatic N) is 1. The van der Waals surface area contributed by atoms with Crippen molar-refractivity contribution >= 4 is 0 Å². The van der Waals surface area contributed by atoms with Crippen molar-refractivity contribution in [2.45, 2.75) is 32.4 Å². The highest BCUT2D eigenvalue weighted by Crippen LogP contribution is 2.33. The fourth-order valence-corrected chi connectivity index (χ4v) is 1.80. The van der Waals surface area contributed by atoms with Gasteiger partial charge in [0.15, 0.2) is 0 Å². The summed E-state index contributed by atoms with van der Waals surface area (Å²) in [5.41, 5.74) is 0. The van der Waals surface area contributed by atoms with E-state index in [2.05, 4.69) is 11.8 Å². The Morgan fingerprint density at radius 3 is 2.15 bits per heavy atom. The van der Waals surface area contributed by atoms with Crippen LogP contribution in [-0.4, -0.2) is 30.7 Å². The van der Waals surface area contributed by atoms with E-state index in [0.29, 0.717) is 13.1 Å². The first-order chi connectivity index (χ1) is 6.04. The van der Waals surface area contributed by atoms with Crippen molar-refractivity contribution in [3.8, 4) is 0 Å². The van der Waals surface area contributed by atoms with E-state index in [1.807, 2.05) is 0 Å². The molecule has 1 rings (SSSR count). The Labute approximate surface area is 76.9 Å². The molecule has 4 heteroatoms. The van der Waals surface area contributed by atoms with E-state index in [9.17, 15) is 13.2 Å². The molecule has 1 nitrogen and oxygen atoms in total. The molecule has 0 aromatic heterocycles. The highest BCUT2D eigenvalue weighted by atomic mass is 19.4. The first-order valence-electron chi connectivity index (χ1n) is 4.83. The zero-order chi connectivity index (χ0) is 9.90. The van der Waals surface area contributed by atoms with Crippen LogP contribution in [0.15, 0.2) is 0 Å². The monoisotopic (exact) mass is 195 g/mol. The Balaban J connectivity index is 2.30. The Kier molecular flexibility index (Phi) is 3.59. The van der Waals surface area contributed by atoms with Crippen LogP contribution in [0, 0.1) is 5.92 Å². The van der Waals surface area contributed by atoms with Gasteiger partial charge in [0.25, 0.3) is 0 Å². The van der Waals surface area contributed by atoms with Crippen LogP contribution >= 0.6 is 0 Å². The molecular formula is C9H16F3N. The van der Waals surface area contributed by atoms with Crippen LogP contribution in [-0.2, 0) is 0 Å². The molecule has 1 saturated heterocycles. The minimum atomic E-state index is -3.97. The summed E-state index contributed by atoms with van der Waals surface area (Å²) < 4.78 is 36.7. The minimum Gasteiger partial charge on any atom is -0.303 e. The molecule has 0 atom stereocenters. The van der Waals surface area contributed by atoms with E-state index in [-0.39, 0.29) is 12.8 Å². The quantitative estimate of drug-likeness (QED) is 0.654. The van der Waals surface area contributed by atoms with Crippen molar-refractivity contribution in [1.29, 1.82) is 0 Å². The number of hydrogen-bond donors (Lipinski definition) is 0. The largest absolute Gasteiger partial charge is 0.391 e. The number of hydrogen-bond acceptors (Lipinski definition) is 1. The first kappa shape index (κ1) is 10.8. The van der Waals surface area contributed by atoms with Crippen molar-refractivity contribution in [3.63, 3.8) is 0 Å². The van der Waals surface area contributed by atoms with E-state index in [1.165, 1.54) is 0 Å². The molecule has 1 aliphatic rings. The summed E-state index contributed by atoms with van der Waals surface area (Å²) in [6.45, 7) is 4.20. The van der Waals surface area contributed by atoms with Crippen molar-refractivity contribution in [2.75, 3.05) is 19.6 Å². The maximum absolute atomic E-state index is 12.2. The average Bonchev–Trinajstić information content (AvgIpc) is 2.04. The van der Waals surface area contributed by atoms with Gasteiger partial charge in [0, 0.05) is 0 Å². The fraction of sp³-hybridized carbons (Fsp3) is 1.00. The van der Waals surface area contributed by atoms with Gasteiger partial charge in [0.05, 0.1) is 5.92 Å². The maximum atomic E-state index is 12.2. The molecule has 0 aromatic carbocycles. The predicted molar refractivity (Wildman–Crippen MR) is 45.5 cm³/mol. The van der Waals surface area contributed by atoms with Gasteiger partial charge in [-0.25, -0.2) is 0 Å². The van der Waals surface area contributed by atoms with Gasteiger partial charge in [0.2, 0.25) is 0 Å². The SMILES string of the molecule is CCCN1CCC(C(F)(F)F)CC1. The van der Waals surface area contributed by atoms with Gasteiger partial charge >= 0.3 is 6.18 Å². The molecule has 0 bridgehead atoms. The van der Waals surface area contributed by atoms with Crippen molar-refractivity contribution in [3.05, 3.63) is 0 Å². The Morgan fingerprint density at radius 1 is 1.23 bits per heavy atom. The summed E-state index contributed by atoms with van der Waals surface area (Å²) in [5, 5.41) is 0. The Bertz CT molecular complexity index is 147. The lowest BCUT2D eigenvalue weighted by molar-refractivity contribution is -0.185. The van der Waals surface area contributed by atoms with Gasteiger partial charge in [-0.05, 0) is 38.9 Å². The molecule has 0 saturated carbocycles. The molecule has 13 heavy (non-hydrogen) atoms. The lowest BCUT2D eigenvalue weighted by Crippen LogP contribution is -2.39. The molecule has 0 N–H and O–H groups in total. The second kappa shape index (κ2) is 4.31. The van der Waals surface area contributed by atoms with Gasteiger partial charge in [0.1, 0.15) is 0 Å². The Hall–Kier alpha value is -0.250. The van der Waals surface area contributed by atoms with Gasteiger partial charge in [-0.3, -0.25) is 0 Å². The van der Waals surface area contributed by atoms with Crippen LogP contribution in [0.5, 0.6) is 0 Å². The lowest BCUT2D eigenvalue weighted by Gasteiger charge is -2.32. The van der Waals surface area contributed by atoms with Crippen LogP contribution in [0.2, 0.25) is 0 Å². The molecule has 78 valence electrons. The summed E-state index contributed by atoms with van der Waals surface area (Å²) in [4.78, 5) is 2.11. The van der Waals surface area contributed by atoms with E-state index in [4.69, 9.17) is 0 Å². The van der Waals surface area contributed by atoms with Crippen LogP contribution in [0.4, 0.5) is 13.2 Å². The number of likely N-dealkylation sites (tertiary alicyclic amines) is 1. The molecule has 1 fully saturated rings. The molecule has 1 heterocycles. The summed E-state index contributed by atoms with van der Waals surface area (Å²) >= 11 is 0. The highest BCUT2D eigenvalue weighted by Gasteiger charge is 2.40. The summed E-state index contributed by atoms with van der Waals surface area (Å²) in [7, 11) is 0. The van der Waals surface area contributed by atoms with E-state index < -0.39 is 12.1 Å². The molecular weight excluding hydrogens is 179 g/mol. The van der Waals surface area contributed by atoms with Crippen LogP contribution in [0.25, 0.3) is 0 Å². The molecule has 0 aromatic rings. The van der Waals surface area contributed by atoms with Crippen molar-refractivity contribution in [1.82, 2.24) is 4.90 Å². The highest BCUT2D eigenvalue weighted by molar-refractivity contribution is 4.76. The molecule has 0 aliphatic carbocycles. The Morgan fingerprint density at radius 2 is 1.77 bits per heavy atom. The lowest BCUT2D eigenvalue weighted by atomic mass is 9.96. The third-order valence-electron chi connectivity index (χ3n) is 2.59. The van der Waals surface area contributed by atoms with Crippen molar-refractivity contribution < 1.29 is 13.2 Å². The first-order valence-corrected chi connectivity index (χ1v) is 4.83. The normalized spacial score (nSPS) is 22.2. The number of halogens is 3. The predicted octanol–water partition coefficient (Wildman–Crippen LogP) is 2.67. The summed E-state index contributed by atoms with van der Waals surface area (Å²) in [6, 6.07) is 0. The second-order valence-electron chi connectivity index (χ2n) is 3.66. The van der Waals surface area contributed by atoms with Gasteiger partial charge in [-0.1, -0.05) is 6.92 Å². The molecule has 1 aliphatic heterocycles. The second-order valence-corrected chi connectivity index (χ2v) is 3.66. The van der Waals surface area contributed by atoms with E-state index >= 15 is 0 Å². The van der Waals surface area contributed by atoms with Crippen molar-refractivity contribution in [2.24, 2.45) is 5.92 Å². The third kappa shape index (κ3) is 3.18. The number of alkyl halides is 3. The third-order valence-corrected chi connectivity index (χ3v) is 2.59. The van der Waals surface area contributed by atoms with Gasteiger partial charge in [-0.15, -0.1) is 0 Å². The average molecular weight is 195 g/mol. The zero-order valence-corrected chi connectivity index (χ0v) is 7.90. The van der Waals surface area contributed by atoms with Crippen LogP contribution < -0.4 is 0 Å². The van der Waals surface area contributed by atoms with Gasteiger partial charge < -0.3 is 4.90 Å². The minimum absolute atomic E-state index is 0.281. The summed E-state index contributed by atoms with van der Waals surface area (Å²) in [5.74, 6) is -1.05. The number of rotatable bonds is 2. The molecule has 0 amide bonds. The van der Waals surface area contributed by atoms with Crippen LogP contribution in [0.1, 0.15) is 26.2 Å². The molecule has 0 radical (unpaired) electrons. The van der Waals surface area contributed by atoms with Gasteiger partial charge in [-0.2, -0.15) is 13.2 Å². The zero-order valence-electron chi connectivity index (χ0n) is 7.90. The molecule has 0 spiro atoms.